The summed E-state index contributed by atoms with van der Waals surface area (Å²) < 4.78 is 6.01. The van der Waals surface area contributed by atoms with E-state index in [2.05, 4.69) is 28.3 Å². The van der Waals surface area contributed by atoms with Gasteiger partial charge >= 0.3 is 0 Å². The first kappa shape index (κ1) is 12.1. The highest BCUT2D eigenvalue weighted by Gasteiger charge is 2.17. The second-order valence-corrected chi connectivity index (χ2v) is 4.59. The van der Waals surface area contributed by atoms with Gasteiger partial charge in [-0.3, -0.25) is 0 Å². The second-order valence-electron chi connectivity index (χ2n) is 4.59. The Kier molecular flexibility index (Phi) is 3.42. The van der Waals surface area contributed by atoms with Gasteiger partial charge in [-0.1, -0.05) is 25.1 Å². The van der Waals surface area contributed by atoms with Crippen LogP contribution >= 0.6 is 0 Å². The van der Waals surface area contributed by atoms with Gasteiger partial charge in [0.15, 0.2) is 0 Å². The molecule has 0 bridgehead atoms. The molecular formula is C15H17N3O. The molecule has 19 heavy (non-hydrogen) atoms. The minimum Gasteiger partial charge on any atom is -0.438 e. The highest BCUT2D eigenvalue weighted by atomic mass is 16.5. The van der Waals surface area contributed by atoms with Crippen molar-refractivity contribution in [2.24, 2.45) is 0 Å². The lowest BCUT2D eigenvalue weighted by Gasteiger charge is -2.18. The Hall–Kier alpha value is -1.94. The van der Waals surface area contributed by atoms with Crippen LogP contribution in [0.2, 0.25) is 0 Å². The van der Waals surface area contributed by atoms with Gasteiger partial charge in [-0.25, -0.2) is 9.97 Å². The summed E-state index contributed by atoms with van der Waals surface area (Å²) in [5.74, 6) is 1.56. The van der Waals surface area contributed by atoms with Gasteiger partial charge in [0.1, 0.15) is 12.1 Å². The van der Waals surface area contributed by atoms with Crippen molar-refractivity contribution in [2.75, 3.05) is 6.54 Å². The molecular weight excluding hydrogens is 238 g/mol. The fourth-order valence-electron chi connectivity index (χ4n) is 2.33. The van der Waals surface area contributed by atoms with Gasteiger partial charge in [0.2, 0.25) is 5.88 Å². The van der Waals surface area contributed by atoms with Gasteiger partial charge in [0.25, 0.3) is 0 Å². The van der Waals surface area contributed by atoms with Crippen LogP contribution in [-0.4, -0.2) is 16.5 Å². The Morgan fingerprint density at radius 1 is 1.26 bits per heavy atom. The van der Waals surface area contributed by atoms with Crippen molar-refractivity contribution in [3.63, 3.8) is 0 Å². The normalized spacial score (nSPS) is 13.9. The molecule has 4 nitrogen and oxygen atoms in total. The standard InChI is InChI=1S/C15H17N3O/c1-2-11-5-3-4-6-14(11)19-15-12-9-16-8-7-13(12)17-10-18-15/h3-6,10,16H,2,7-9H2,1H3. The maximum absolute atomic E-state index is 6.01. The minimum atomic E-state index is 0.679. The van der Waals surface area contributed by atoms with E-state index in [1.54, 1.807) is 6.33 Å². The molecule has 1 aliphatic rings. The topological polar surface area (TPSA) is 47.0 Å². The number of aryl methyl sites for hydroxylation is 1. The summed E-state index contributed by atoms with van der Waals surface area (Å²) in [5.41, 5.74) is 3.37. The third kappa shape index (κ3) is 2.44. The van der Waals surface area contributed by atoms with Gasteiger partial charge in [-0.2, -0.15) is 0 Å². The SMILES string of the molecule is CCc1ccccc1Oc1ncnc2c1CNCC2. The van der Waals surface area contributed by atoms with Crippen molar-refractivity contribution in [3.05, 3.63) is 47.4 Å². The van der Waals surface area contributed by atoms with E-state index in [1.807, 2.05) is 18.2 Å². The molecule has 1 aliphatic heterocycles. The predicted octanol–water partition coefficient (Wildman–Crippen LogP) is 2.48. The van der Waals surface area contributed by atoms with Crippen LogP contribution in [0.25, 0.3) is 0 Å². The van der Waals surface area contributed by atoms with E-state index in [4.69, 9.17) is 4.74 Å². The average molecular weight is 255 g/mol. The average Bonchev–Trinajstić information content (AvgIpc) is 2.48. The molecule has 0 saturated heterocycles. The number of nitrogens with zero attached hydrogens (tertiary/aromatic N) is 2. The molecule has 1 aromatic heterocycles. The fraction of sp³-hybridized carbons (Fsp3) is 0.333. The van der Waals surface area contributed by atoms with Crippen LogP contribution < -0.4 is 10.1 Å². The van der Waals surface area contributed by atoms with Crippen LogP contribution in [0.5, 0.6) is 11.6 Å². The van der Waals surface area contributed by atoms with Crippen molar-refractivity contribution >= 4 is 0 Å². The van der Waals surface area contributed by atoms with Gasteiger partial charge in [0.05, 0.1) is 11.3 Å². The van der Waals surface area contributed by atoms with Crippen LogP contribution in [0.3, 0.4) is 0 Å². The minimum absolute atomic E-state index is 0.679. The first-order chi connectivity index (χ1) is 9.38. The smallest absolute Gasteiger partial charge is 0.227 e. The van der Waals surface area contributed by atoms with E-state index in [9.17, 15) is 0 Å². The lowest BCUT2D eigenvalue weighted by atomic mass is 10.1. The molecule has 0 fully saturated rings. The summed E-state index contributed by atoms with van der Waals surface area (Å²) in [6.07, 6.45) is 3.47. The predicted molar refractivity (Wildman–Crippen MR) is 73.3 cm³/mol. The zero-order valence-electron chi connectivity index (χ0n) is 11.0. The maximum Gasteiger partial charge on any atom is 0.227 e. The maximum atomic E-state index is 6.01. The van der Waals surface area contributed by atoms with Crippen molar-refractivity contribution in [2.45, 2.75) is 26.3 Å². The van der Waals surface area contributed by atoms with E-state index >= 15 is 0 Å². The molecule has 4 heteroatoms. The first-order valence-corrected chi connectivity index (χ1v) is 6.67. The summed E-state index contributed by atoms with van der Waals surface area (Å²) in [5, 5.41) is 3.34. The molecule has 0 aliphatic carbocycles. The van der Waals surface area contributed by atoms with E-state index in [0.29, 0.717) is 5.88 Å². The fourth-order valence-corrected chi connectivity index (χ4v) is 2.33. The monoisotopic (exact) mass is 255 g/mol. The van der Waals surface area contributed by atoms with Gasteiger partial charge in [-0.05, 0) is 18.1 Å². The first-order valence-electron chi connectivity index (χ1n) is 6.67. The number of para-hydroxylation sites is 1. The molecule has 0 atom stereocenters. The number of rotatable bonds is 3. The molecule has 0 radical (unpaired) electrons. The quantitative estimate of drug-likeness (QED) is 0.915. The van der Waals surface area contributed by atoms with Gasteiger partial charge in [0, 0.05) is 19.5 Å². The summed E-state index contributed by atoms with van der Waals surface area (Å²) in [6.45, 7) is 3.87. The Morgan fingerprint density at radius 3 is 3.05 bits per heavy atom. The lowest BCUT2D eigenvalue weighted by molar-refractivity contribution is 0.439. The number of ether oxygens (including phenoxy) is 1. The Morgan fingerprint density at radius 2 is 2.16 bits per heavy atom. The molecule has 1 N–H and O–H groups in total. The summed E-state index contributed by atoms with van der Waals surface area (Å²) >= 11 is 0. The molecule has 98 valence electrons. The summed E-state index contributed by atoms with van der Waals surface area (Å²) in [4.78, 5) is 8.62. The van der Waals surface area contributed by atoms with Gasteiger partial charge in [-0.15, -0.1) is 0 Å². The molecule has 0 unspecified atom stereocenters. The van der Waals surface area contributed by atoms with E-state index in [1.165, 1.54) is 5.56 Å². The molecule has 3 rings (SSSR count). The number of nitrogens with one attached hydrogen (secondary N) is 1. The van der Waals surface area contributed by atoms with Crippen LogP contribution in [0.1, 0.15) is 23.7 Å². The summed E-state index contributed by atoms with van der Waals surface area (Å²) in [6, 6.07) is 8.09. The molecule has 0 spiro atoms. The van der Waals surface area contributed by atoms with Crippen molar-refractivity contribution < 1.29 is 4.74 Å². The highest BCUT2D eigenvalue weighted by molar-refractivity contribution is 5.39. The van der Waals surface area contributed by atoms with Crippen LogP contribution in [0.15, 0.2) is 30.6 Å². The largest absolute Gasteiger partial charge is 0.438 e. The number of hydrogen-bond acceptors (Lipinski definition) is 4. The lowest BCUT2D eigenvalue weighted by Crippen LogP contribution is -2.25. The molecule has 2 aromatic rings. The third-order valence-electron chi connectivity index (χ3n) is 3.40. The van der Waals surface area contributed by atoms with E-state index in [0.717, 1.165) is 42.9 Å². The molecule has 0 amide bonds. The van der Waals surface area contributed by atoms with Crippen LogP contribution in [0, 0.1) is 0 Å². The van der Waals surface area contributed by atoms with Crippen molar-refractivity contribution in [1.82, 2.24) is 15.3 Å². The van der Waals surface area contributed by atoms with Crippen molar-refractivity contribution in [1.29, 1.82) is 0 Å². The third-order valence-corrected chi connectivity index (χ3v) is 3.40. The molecule has 0 saturated carbocycles. The van der Waals surface area contributed by atoms with E-state index in [-0.39, 0.29) is 0 Å². The number of hydrogen-bond donors (Lipinski definition) is 1. The Labute approximate surface area is 112 Å². The zero-order valence-corrected chi connectivity index (χ0v) is 11.0. The second kappa shape index (κ2) is 5.36. The van der Waals surface area contributed by atoms with Gasteiger partial charge < -0.3 is 10.1 Å². The van der Waals surface area contributed by atoms with Crippen molar-refractivity contribution in [3.8, 4) is 11.6 Å². The van der Waals surface area contributed by atoms with E-state index < -0.39 is 0 Å². The highest BCUT2D eigenvalue weighted by Crippen LogP contribution is 2.28. The number of fused-ring (bicyclic) bond motifs is 1. The number of aromatic nitrogens is 2. The zero-order chi connectivity index (χ0) is 13.1. The van der Waals surface area contributed by atoms with Crippen LogP contribution in [0.4, 0.5) is 0 Å². The Bertz CT molecular complexity index is 583. The molecule has 1 aromatic carbocycles. The molecule has 2 heterocycles. The van der Waals surface area contributed by atoms with Crippen LogP contribution in [-0.2, 0) is 19.4 Å². The summed E-state index contributed by atoms with van der Waals surface area (Å²) in [7, 11) is 0. The Balaban J connectivity index is 1.95. The number of benzene rings is 1.